The highest BCUT2D eigenvalue weighted by molar-refractivity contribution is 6.35. The zero-order valence-electron chi connectivity index (χ0n) is 13.5. The van der Waals surface area contributed by atoms with Gasteiger partial charge < -0.3 is 15.0 Å². The first-order chi connectivity index (χ1) is 9.70. The third kappa shape index (κ3) is 3.60. The van der Waals surface area contributed by atoms with Gasteiger partial charge >= 0.3 is 0 Å². The van der Waals surface area contributed by atoms with Crippen LogP contribution in [-0.4, -0.2) is 27.9 Å². The number of nitrogens with zero attached hydrogens (tertiary/aromatic N) is 1. The fourth-order valence-corrected chi connectivity index (χ4v) is 2.86. The zero-order valence-corrected chi connectivity index (χ0v) is 14.3. The summed E-state index contributed by atoms with van der Waals surface area (Å²) in [5.74, 6) is 0. The van der Waals surface area contributed by atoms with Crippen LogP contribution < -0.4 is 5.32 Å². The van der Waals surface area contributed by atoms with Crippen molar-refractivity contribution in [3.8, 4) is 0 Å². The van der Waals surface area contributed by atoms with Crippen LogP contribution in [0.1, 0.15) is 32.0 Å². The lowest BCUT2D eigenvalue weighted by molar-refractivity contribution is 0.142. The monoisotopic (exact) mass is 308 g/mol. The molecule has 1 atom stereocenters. The maximum atomic E-state index is 10.3. The summed E-state index contributed by atoms with van der Waals surface area (Å²) in [4.78, 5) is 0. The van der Waals surface area contributed by atoms with Gasteiger partial charge in [0.25, 0.3) is 0 Å². The van der Waals surface area contributed by atoms with E-state index in [0.29, 0.717) is 13.1 Å². The van der Waals surface area contributed by atoms with Crippen LogP contribution in [0.4, 0.5) is 0 Å². The molecule has 0 aliphatic heterocycles. The maximum Gasteiger partial charge on any atom is 0.0843 e. The van der Waals surface area contributed by atoms with Crippen LogP contribution in [0.5, 0.6) is 0 Å². The minimum absolute atomic E-state index is 0.00232. The molecule has 0 aliphatic carbocycles. The second-order valence-electron chi connectivity index (χ2n) is 6.74. The molecule has 2 rings (SSSR count). The van der Waals surface area contributed by atoms with E-state index in [4.69, 9.17) is 11.6 Å². The summed E-state index contributed by atoms with van der Waals surface area (Å²) in [6.45, 7) is 11.6. The summed E-state index contributed by atoms with van der Waals surface area (Å²) in [5, 5.41) is 15.6. The number of hydrogen-bond donors (Lipinski definition) is 2. The molecule has 1 aromatic carbocycles. The Balaban J connectivity index is 2.28. The third-order valence-electron chi connectivity index (χ3n) is 3.87. The fraction of sp³-hybridized carbons (Fsp3) is 0.529. The average molecular weight is 309 g/mol. The van der Waals surface area contributed by atoms with E-state index in [2.05, 4.69) is 50.6 Å². The number of para-hydroxylation sites is 1. The first-order valence-electron chi connectivity index (χ1n) is 7.37. The predicted molar refractivity (Wildman–Crippen MR) is 90.2 cm³/mol. The number of aryl methyl sites for hydroxylation is 1. The number of β-amino-alcohol motifs (C(OH)–C–C–N with tert-alkyl or cyclic N) is 1. The molecule has 1 aromatic heterocycles. The predicted octanol–water partition coefficient (Wildman–Crippen LogP) is 3.66. The number of halogens is 1. The second-order valence-corrected chi connectivity index (χ2v) is 7.15. The van der Waals surface area contributed by atoms with Gasteiger partial charge in [-0.15, -0.1) is 0 Å². The number of aliphatic hydroxyl groups excluding tert-OH is 1. The quantitative estimate of drug-likeness (QED) is 0.904. The molecule has 0 unspecified atom stereocenters. The van der Waals surface area contributed by atoms with Crippen LogP contribution >= 0.6 is 11.6 Å². The van der Waals surface area contributed by atoms with Crippen molar-refractivity contribution in [3.63, 3.8) is 0 Å². The van der Waals surface area contributed by atoms with Gasteiger partial charge in [0.2, 0.25) is 0 Å². The van der Waals surface area contributed by atoms with Crippen molar-refractivity contribution in [1.29, 1.82) is 0 Å². The Morgan fingerprint density at radius 1 is 1.29 bits per heavy atom. The van der Waals surface area contributed by atoms with Crippen LogP contribution in [-0.2, 0) is 6.54 Å². The number of nitrogens with one attached hydrogen (secondary N) is 1. The van der Waals surface area contributed by atoms with Crippen molar-refractivity contribution in [2.45, 2.75) is 52.8 Å². The van der Waals surface area contributed by atoms with E-state index < -0.39 is 6.10 Å². The molecular formula is C17H25ClN2O. The molecule has 0 amide bonds. The molecule has 0 saturated heterocycles. The molecule has 0 saturated carbocycles. The molecule has 4 heteroatoms. The molecule has 0 fully saturated rings. The van der Waals surface area contributed by atoms with Gasteiger partial charge in [-0.2, -0.15) is 0 Å². The molecule has 21 heavy (non-hydrogen) atoms. The average Bonchev–Trinajstić information content (AvgIpc) is 2.62. The molecule has 2 N–H and O–H groups in total. The topological polar surface area (TPSA) is 37.2 Å². The van der Waals surface area contributed by atoms with Crippen LogP contribution in [0.3, 0.4) is 0 Å². The SMILES string of the molecule is Cc1c(C)n(C[C@@H](O)CNC(C)(C)C)c2c(Cl)cccc12. The lowest BCUT2D eigenvalue weighted by atomic mass is 10.1. The lowest BCUT2D eigenvalue weighted by Crippen LogP contribution is -2.42. The van der Waals surface area contributed by atoms with Crippen molar-refractivity contribution in [2.24, 2.45) is 0 Å². The number of hydrogen-bond acceptors (Lipinski definition) is 2. The van der Waals surface area contributed by atoms with Crippen molar-refractivity contribution >= 4 is 22.5 Å². The number of fused-ring (bicyclic) bond motifs is 1. The van der Waals surface area contributed by atoms with Crippen LogP contribution in [0.25, 0.3) is 10.9 Å². The molecule has 0 bridgehead atoms. The number of benzene rings is 1. The van der Waals surface area contributed by atoms with Gasteiger partial charge in [-0.1, -0.05) is 23.7 Å². The van der Waals surface area contributed by atoms with Gasteiger partial charge in [0.05, 0.1) is 23.2 Å². The zero-order chi connectivity index (χ0) is 15.8. The molecule has 0 spiro atoms. The molecule has 0 aliphatic rings. The molecular weight excluding hydrogens is 284 g/mol. The largest absolute Gasteiger partial charge is 0.390 e. The molecule has 3 nitrogen and oxygen atoms in total. The summed E-state index contributed by atoms with van der Waals surface area (Å²) < 4.78 is 2.13. The summed E-state index contributed by atoms with van der Waals surface area (Å²) >= 11 is 6.36. The first kappa shape index (κ1) is 16.3. The first-order valence-corrected chi connectivity index (χ1v) is 7.75. The Labute approximate surface area is 131 Å². The summed E-state index contributed by atoms with van der Waals surface area (Å²) in [6, 6.07) is 5.96. The lowest BCUT2D eigenvalue weighted by Gasteiger charge is -2.23. The van der Waals surface area contributed by atoms with Crippen molar-refractivity contribution < 1.29 is 5.11 Å². The maximum absolute atomic E-state index is 10.3. The highest BCUT2D eigenvalue weighted by atomic mass is 35.5. The fourth-order valence-electron chi connectivity index (χ4n) is 2.58. The van der Waals surface area contributed by atoms with Gasteiger partial charge in [-0.25, -0.2) is 0 Å². The van der Waals surface area contributed by atoms with E-state index >= 15 is 0 Å². The number of rotatable bonds is 4. The van der Waals surface area contributed by atoms with Crippen molar-refractivity contribution in [2.75, 3.05) is 6.54 Å². The van der Waals surface area contributed by atoms with E-state index in [9.17, 15) is 5.11 Å². The van der Waals surface area contributed by atoms with Crippen LogP contribution in [0, 0.1) is 13.8 Å². The summed E-state index contributed by atoms with van der Waals surface area (Å²) in [6.07, 6.45) is -0.450. The standard InChI is InChI=1S/C17H25ClN2O/c1-11-12(2)20(10-13(21)9-19-17(3,4)5)16-14(11)7-6-8-15(16)18/h6-8,13,19,21H,9-10H2,1-5H3/t13-/m0/s1. The number of aromatic nitrogens is 1. The number of aliphatic hydroxyl groups is 1. The smallest absolute Gasteiger partial charge is 0.0843 e. The summed E-state index contributed by atoms with van der Waals surface area (Å²) in [7, 11) is 0. The minimum atomic E-state index is -0.450. The van der Waals surface area contributed by atoms with E-state index in [1.165, 1.54) is 5.56 Å². The molecule has 116 valence electrons. The van der Waals surface area contributed by atoms with Crippen molar-refractivity contribution in [1.82, 2.24) is 9.88 Å². The van der Waals surface area contributed by atoms with Gasteiger partial charge in [0.15, 0.2) is 0 Å². The second kappa shape index (κ2) is 5.99. The Hall–Kier alpha value is -1.03. The van der Waals surface area contributed by atoms with Gasteiger partial charge in [-0.05, 0) is 46.2 Å². The van der Waals surface area contributed by atoms with E-state index in [1.54, 1.807) is 0 Å². The van der Waals surface area contributed by atoms with Crippen LogP contribution in [0.2, 0.25) is 5.02 Å². The molecule has 1 heterocycles. The summed E-state index contributed by atoms with van der Waals surface area (Å²) in [5.41, 5.74) is 3.41. The highest BCUT2D eigenvalue weighted by Crippen LogP contribution is 2.30. The highest BCUT2D eigenvalue weighted by Gasteiger charge is 2.17. The molecule has 0 radical (unpaired) electrons. The van der Waals surface area contributed by atoms with Gasteiger partial charge in [0, 0.05) is 23.2 Å². The molecule has 2 aromatic rings. The Morgan fingerprint density at radius 2 is 1.95 bits per heavy atom. The van der Waals surface area contributed by atoms with Crippen molar-refractivity contribution in [3.05, 3.63) is 34.5 Å². The van der Waals surface area contributed by atoms with E-state index in [-0.39, 0.29) is 5.54 Å². The third-order valence-corrected chi connectivity index (χ3v) is 4.17. The Bertz CT molecular complexity index is 640. The Kier molecular flexibility index (Phi) is 4.66. The van der Waals surface area contributed by atoms with E-state index in [1.807, 2.05) is 12.1 Å². The minimum Gasteiger partial charge on any atom is -0.390 e. The normalized spacial score (nSPS) is 13.9. The van der Waals surface area contributed by atoms with Gasteiger partial charge in [-0.3, -0.25) is 0 Å². The van der Waals surface area contributed by atoms with Gasteiger partial charge in [0.1, 0.15) is 0 Å². The van der Waals surface area contributed by atoms with Crippen LogP contribution in [0.15, 0.2) is 18.2 Å². The Morgan fingerprint density at radius 3 is 2.57 bits per heavy atom. The van der Waals surface area contributed by atoms with E-state index in [0.717, 1.165) is 21.6 Å².